The third-order valence-corrected chi connectivity index (χ3v) is 5.50. The minimum atomic E-state index is -0.110. The number of rotatable bonds is 7. The van der Waals surface area contributed by atoms with Gasteiger partial charge in [-0.2, -0.15) is 0 Å². The Morgan fingerprint density at radius 2 is 1.65 bits per heavy atom. The third kappa shape index (κ3) is 6.21. The Hall–Kier alpha value is -3.06. The molecule has 1 fully saturated rings. The van der Waals surface area contributed by atoms with Crippen molar-refractivity contribution in [3.8, 4) is 11.5 Å². The molecule has 0 aliphatic carbocycles. The van der Waals surface area contributed by atoms with Crippen molar-refractivity contribution in [2.75, 3.05) is 44.5 Å². The molecule has 0 radical (unpaired) electrons. The van der Waals surface area contributed by atoms with E-state index >= 15 is 0 Å². The first-order chi connectivity index (χ1) is 14.9. The number of piperidine rings is 1. The molecule has 0 atom stereocenters. The summed E-state index contributed by atoms with van der Waals surface area (Å²) in [6.07, 6.45) is 1.46. The van der Waals surface area contributed by atoms with Crippen molar-refractivity contribution in [3.05, 3.63) is 47.5 Å². The molecule has 7 heteroatoms. The molecule has 2 aromatic carbocycles. The molecule has 0 spiro atoms. The number of likely N-dealkylation sites (tertiary alicyclic amines) is 1. The first kappa shape index (κ1) is 22.6. The smallest absolute Gasteiger partial charge is 0.238 e. The molecule has 1 heterocycles. The van der Waals surface area contributed by atoms with E-state index in [4.69, 9.17) is 9.47 Å². The van der Waals surface area contributed by atoms with E-state index in [9.17, 15) is 9.59 Å². The molecular weight excluding hydrogens is 394 g/mol. The fourth-order valence-corrected chi connectivity index (χ4v) is 3.94. The molecule has 0 aromatic heterocycles. The first-order valence-corrected chi connectivity index (χ1v) is 10.5. The normalized spacial score (nSPS) is 14.7. The molecule has 2 amide bonds. The molecule has 0 unspecified atom stereocenters. The predicted molar refractivity (Wildman–Crippen MR) is 122 cm³/mol. The quantitative estimate of drug-likeness (QED) is 0.708. The van der Waals surface area contributed by atoms with Gasteiger partial charge in [-0.3, -0.25) is 14.5 Å². The van der Waals surface area contributed by atoms with Crippen molar-refractivity contribution in [1.29, 1.82) is 0 Å². The molecular formula is C24H31N3O4. The topological polar surface area (TPSA) is 79.9 Å². The van der Waals surface area contributed by atoms with Crippen LogP contribution in [-0.4, -0.2) is 50.6 Å². The highest BCUT2D eigenvalue weighted by Gasteiger charge is 2.26. The van der Waals surface area contributed by atoms with Gasteiger partial charge in [0.15, 0.2) is 0 Å². The number of amides is 2. The molecule has 2 N–H and O–H groups in total. The van der Waals surface area contributed by atoms with Crippen LogP contribution in [0.3, 0.4) is 0 Å². The van der Waals surface area contributed by atoms with Crippen LogP contribution in [0.1, 0.15) is 24.0 Å². The zero-order chi connectivity index (χ0) is 22.4. The van der Waals surface area contributed by atoms with Gasteiger partial charge in [0, 0.05) is 17.7 Å². The lowest BCUT2D eigenvalue weighted by molar-refractivity contribution is -0.121. The Labute approximate surface area is 183 Å². The number of benzene rings is 2. The van der Waals surface area contributed by atoms with Crippen molar-refractivity contribution in [2.24, 2.45) is 5.92 Å². The molecule has 0 bridgehead atoms. The van der Waals surface area contributed by atoms with Gasteiger partial charge in [-0.1, -0.05) is 6.07 Å². The largest absolute Gasteiger partial charge is 0.497 e. The maximum absolute atomic E-state index is 12.6. The zero-order valence-electron chi connectivity index (χ0n) is 18.7. The monoisotopic (exact) mass is 425 g/mol. The molecule has 166 valence electrons. The molecule has 1 saturated heterocycles. The van der Waals surface area contributed by atoms with Crippen molar-refractivity contribution in [1.82, 2.24) is 4.90 Å². The van der Waals surface area contributed by atoms with Crippen LogP contribution in [0.25, 0.3) is 0 Å². The van der Waals surface area contributed by atoms with Crippen LogP contribution in [0.5, 0.6) is 11.5 Å². The summed E-state index contributed by atoms with van der Waals surface area (Å²) in [7, 11) is 3.14. The van der Waals surface area contributed by atoms with E-state index in [2.05, 4.69) is 21.6 Å². The lowest BCUT2D eigenvalue weighted by Crippen LogP contribution is -2.41. The van der Waals surface area contributed by atoms with Gasteiger partial charge in [0.05, 0.1) is 26.5 Å². The van der Waals surface area contributed by atoms with Crippen LogP contribution in [-0.2, 0) is 9.59 Å². The molecule has 3 rings (SSSR count). The molecule has 2 aromatic rings. The lowest BCUT2D eigenvalue weighted by Gasteiger charge is -2.30. The Morgan fingerprint density at radius 1 is 0.968 bits per heavy atom. The second-order valence-electron chi connectivity index (χ2n) is 8.03. The Bertz CT molecular complexity index is 916. The second-order valence-corrected chi connectivity index (χ2v) is 8.03. The summed E-state index contributed by atoms with van der Waals surface area (Å²) in [5.74, 6) is 1.12. The van der Waals surface area contributed by atoms with Crippen molar-refractivity contribution >= 4 is 23.2 Å². The minimum absolute atomic E-state index is 0.0400. The van der Waals surface area contributed by atoms with Gasteiger partial charge in [0.25, 0.3) is 0 Å². The highest BCUT2D eigenvalue weighted by atomic mass is 16.5. The number of nitrogens with zero attached hydrogens (tertiary/aromatic N) is 1. The number of methoxy groups -OCH3 is 2. The van der Waals surface area contributed by atoms with Crippen molar-refractivity contribution in [3.63, 3.8) is 0 Å². The van der Waals surface area contributed by atoms with Crippen LogP contribution in [0, 0.1) is 19.8 Å². The fraction of sp³-hybridized carbons (Fsp3) is 0.417. The summed E-state index contributed by atoms with van der Waals surface area (Å²) in [5.41, 5.74) is 3.71. The zero-order valence-corrected chi connectivity index (χ0v) is 18.7. The van der Waals surface area contributed by atoms with E-state index < -0.39 is 0 Å². The van der Waals surface area contributed by atoms with E-state index in [-0.39, 0.29) is 24.3 Å². The fourth-order valence-electron chi connectivity index (χ4n) is 3.94. The van der Waals surface area contributed by atoms with Gasteiger partial charge in [-0.15, -0.1) is 0 Å². The first-order valence-electron chi connectivity index (χ1n) is 10.5. The number of aryl methyl sites for hydroxylation is 2. The van der Waals surface area contributed by atoms with E-state index in [1.54, 1.807) is 32.4 Å². The van der Waals surface area contributed by atoms with Crippen molar-refractivity contribution < 1.29 is 19.1 Å². The summed E-state index contributed by atoms with van der Waals surface area (Å²) in [5, 5.41) is 5.94. The van der Waals surface area contributed by atoms with Crippen molar-refractivity contribution in [2.45, 2.75) is 26.7 Å². The van der Waals surface area contributed by atoms with E-state index in [1.807, 2.05) is 26.0 Å². The number of carbonyl (C=O) groups is 2. The molecule has 7 nitrogen and oxygen atoms in total. The van der Waals surface area contributed by atoms with E-state index in [0.29, 0.717) is 30.3 Å². The second kappa shape index (κ2) is 10.3. The lowest BCUT2D eigenvalue weighted by atomic mass is 9.95. The van der Waals surface area contributed by atoms with Gasteiger partial charge >= 0.3 is 0 Å². The number of nitrogens with one attached hydrogen (secondary N) is 2. The highest BCUT2D eigenvalue weighted by molar-refractivity contribution is 5.94. The molecule has 0 saturated carbocycles. The van der Waals surface area contributed by atoms with Crippen LogP contribution in [0.2, 0.25) is 0 Å². The Balaban J connectivity index is 1.48. The van der Waals surface area contributed by atoms with Crippen LogP contribution < -0.4 is 20.1 Å². The summed E-state index contributed by atoms with van der Waals surface area (Å²) >= 11 is 0. The Kier molecular flexibility index (Phi) is 7.52. The molecule has 1 aliphatic heterocycles. The highest BCUT2D eigenvalue weighted by Crippen LogP contribution is 2.29. The van der Waals surface area contributed by atoms with E-state index in [1.165, 1.54) is 0 Å². The maximum Gasteiger partial charge on any atom is 0.238 e. The number of hydrogen-bond donors (Lipinski definition) is 2. The van der Waals surface area contributed by atoms with Gasteiger partial charge < -0.3 is 20.1 Å². The number of ether oxygens (including phenoxy) is 2. The van der Waals surface area contributed by atoms with Crippen LogP contribution in [0.15, 0.2) is 36.4 Å². The average Bonchev–Trinajstić information content (AvgIpc) is 2.73. The average molecular weight is 426 g/mol. The van der Waals surface area contributed by atoms with Gasteiger partial charge in [0.2, 0.25) is 11.8 Å². The SMILES string of the molecule is COc1ccc(NC(=O)CN2CCC(C(=O)Nc3cc(C)cc(C)c3)CC2)c(OC)c1. The standard InChI is InChI=1S/C24H31N3O4/c1-16-11-17(2)13-19(12-16)25-24(29)18-7-9-27(10-8-18)15-23(28)26-21-6-5-20(30-3)14-22(21)31-4/h5-6,11-14,18H,7-10,15H2,1-4H3,(H,25,29)(H,26,28). The van der Waals surface area contributed by atoms with Gasteiger partial charge in [-0.25, -0.2) is 0 Å². The number of anilines is 2. The number of hydrogen-bond acceptors (Lipinski definition) is 5. The molecule has 1 aliphatic rings. The summed E-state index contributed by atoms with van der Waals surface area (Å²) in [6.45, 7) is 5.73. The summed E-state index contributed by atoms with van der Waals surface area (Å²) in [4.78, 5) is 27.2. The molecule has 31 heavy (non-hydrogen) atoms. The van der Waals surface area contributed by atoms with Crippen LogP contribution >= 0.6 is 0 Å². The summed E-state index contributed by atoms with van der Waals surface area (Å²) < 4.78 is 10.5. The number of carbonyl (C=O) groups excluding carboxylic acids is 2. The minimum Gasteiger partial charge on any atom is -0.497 e. The summed E-state index contributed by atoms with van der Waals surface area (Å²) in [6, 6.07) is 11.3. The Morgan fingerprint density at radius 3 is 2.26 bits per heavy atom. The maximum atomic E-state index is 12.6. The predicted octanol–water partition coefficient (Wildman–Crippen LogP) is 3.61. The third-order valence-electron chi connectivity index (χ3n) is 5.50. The van der Waals surface area contributed by atoms with Crippen LogP contribution in [0.4, 0.5) is 11.4 Å². The van der Waals surface area contributed by atoms with E-state index in [0.717, 1.165) is 29.7 Å². The van der Waals surface area contributed by atoms with Gasteiger partial charge in [0.1, 0.15) is 11.5 Å². The van der Waals surface area contributed by atoms with Gasteiger partial charge in [-0.05, 0) is 75.2 Å².